The van der Waals surface area contributed by atoms with Crippen LogP contribution in [0.15, 0.2) is 11.6 Å². The van der Waals surface area contributed by atoms with Crippen molar-refractivity contribution in [1.82, 2.24) is 0 Å². The van der Waals surface area contributed by atoms with Crippen molar-refractivity contribution in [3.8, 4) is 0 Å². The SMILES string of the molecule is CCOC(=O)CC[C@H]1CC[C@H]2[C@@H]3CC=C4C(C)(C)C(O)CC[C@]4(C)[C@H]3CC[C@]12C. The summed E-state index contributed by atoms with van der Waals surface area (Å²) in [6.07, 6.45) is 12.4. The van der Waals surface area contributed by atoms with E-state index in [0.29, 0.717) is 24.4 Å². The minimum Gasteiger partial charge on any atom is -0.466 e. The van der Waals surface area contributed by atoms with E-state index in [1.165, 1.54) is 32.1 Å². The van der Waals surface area contributed by atoms with Crippen molar-refractivity contribution < 1.29 is 14.6 Å². The lowest BCUT2D eigenvalue weighted by molar-refractivity contribution is -0.143. The Morgan fingerprint density at radius 2 is 1.86 bits per heavy atom. The first-order chi connectivity index (χ1) is 13.6. The van der Waals surface area contributed by atoms with Gasteiger partial charge in [-0.15, -0.1) is 0 Å². The summed E-state index contributed by atoms with van der Waals surface area (Å²) in [6.45, 7) is 11.9. The number of aliphatic hydroxyl groups is 1. The van der Waals surface area contributed by atoms with Gasteiger partial charge in [-0.3, -0.25) is 4.79 Å². The third-order valence-corrected chi connectivity index (χ3v) is 10.1. The van der Waals surface area contributed by atoms with Crippen LogP contribution in [0, 0.1) is 39.9 Å². The van der Waals surface area contributed by atoms with Gasteiger partial charge in [-0.25, -0.2) is 0 Å². The fourth-order valence-corrected chi connectivity index (χ4v) is 8.50. The van der Waals surface area contributed by atoms with Gasteiger partial charge in [0.1, 0.15) is 0 Å². The van der Waals surface area contributed by atoms with Crippen LogP contribution in [0.25, 0.3) is 0 Å². The van der Waals surface area contributed by atoms with E-state index in [0.717, 1.165) is 37.0 Å². The highest BCUT2D eigenvalue weighted by atomic mass is 16.5. The Balaban J connectivity index is 1.54. The van der Waals surface area contributed by atoms with Crippen LogP contribution in [-0.2, 0) is 9.53 Å². The first-order valence-corrected chi connectivity index (χ1v) is 12.2. The summed E-state index contributed by atoms with van der Waals surface area (Å²) in [6, 6.07) is 0. The number of esters is 1. The molecule has 7 atom stereocenters. The molecular formula is C26H42O3. The average Bonchev–Trinajstić information content (AvgIpc) is 3.00. The molecule has 4 rings (SSSR count). The normalized spacial score (nSPS) is 45.6. The molecule has 1 unspecified atom stereocenters. The number of rotatable bonds is 4. The molecule has 0 heterocycles. The van der Waals surface area contributed by atoms with Gasteiger partial charge in [-0.05, 0) is 92.8 Å². The molecule has 0 saturated heterocycles. The third-order valence-electron chi connectivity index (χ3n) is 10.1. The number of hydrogen-bond acceptors (Lipinski definition) is 3. The summed E-state index contributed by atoms with van der Waals surface area (Å²) < 4.78 is 5.19. The van der Waals surface area contributed by atoms with Gasteiger partial charge in [0.25, 0.3) is 0 Å². The molecule has 0 spiro atoms. The van der Waals surface area contributed by atoms with Crippen molar-refractivity contribution in [2.45, 2.75) is 98.5 Å². The molecule has 3 heteroatoms. The fourth-order valence-electron chi connectivity index (χ4n) is 8.50. The Morgan fingerprint density at radius 1 is 1.10 bits per heavy atom. The Morgan fingerprint density at radius 3 is 2.59 bits per heavy atom. The number of aliphatic hydroxyl groups excluding tert-OH is 1. The highest BCUT2D eigenvalue weighted by molar-refractivity contribution is 5.69. The van der Waals surface area contributed by atoms with Gasteiger partial charge in [0.2, 0.25) is 0 Å². The minimum absolute atomic E-state index is 0.0195. The van der Waals surface area contributed by atoms with Gasteiger partial charge in [0.15, 0.2) is 0 Å². The van der Waals surface area contributed by atoms with Crippen molar-refractivity contribution >= 4 is 5.97 Å². The quantitative estimate of drug-likeness (QED) is 0.470. The summed E-state index contributed by atoms with van der Waals surface area (Å²) in [5.74, 6) is 2.98. The van der Waals surface area contributed by atoms with E-state index in [1.807, 2.05) is 6.92 Å². The number of allylic oxidation sites excluding steroid dienone is 1. The molecule has 3 nitrogen and oxygen atoms in total. The molecule has 3 fully saturated rings. The van der Waals surface area contributed by atoms with Crippen LogP contribution in [-0.4, -0.2) is 23.8 Å². The van der Waals surface area contributed by atoms with E-state index < -0.39 is 0 Å². The van der Waals surface area contributed by atoms with Crippen molar-refractivity contribution in [2.75, 3.05) is 6.61 Å². The lowest BCUT2D eigenvalue weighted by Gasteiger charge is -2.61. The second kappa shape index (κ2) is 7.39. The van der Waals surface area contributed by atoms with E-state index in [1.54, 1.807) is 5.57 Å². The third kappa shape index (κ3) is 3.22. The Hall–Kier alpha value is -0.830. The van der Waals surface area contributed by atoms with Crippen molar-refractivity contribution in [1.29, 1.82) is 0 Å². The van der Waals surface area contributed by atoms with Gasteiger partial charge in [-0.2, -0.15) is 0 Å². The molecule has 3 saturated carbocycles. The number of hydrogen-bond donors (Lipinski definition) is 1. The van der Waals surface area contributed by atoms with Crippen LogP contribution in [0.1, 0.15) is 92.4 Å². The fraction of sp³-hybridized carbons (Fsp3) is 0.885. The van der Waals surface area contributed by atoms with Gasteiger partial charge in [0.05, 0.1) is 12.7 Å². The van der Waals surface area contributed by atoms with Crippen LogP contribution in [0.4, 0.5) is 0 Å². The van der Waals surface area contributed by atoms with Gasteiger partial charge in [-0.1, -0.05) is 39.3 Å². The number of carbonyl (C=O) groups excluding carboxylic acids is 1. The van der Waals surface area contributed by atoms with E-state index >= 15 is 0 Å². The molecule has 0 radical (unpaired) electrons. The standard InChI is InChI=1S/C26H42O3/c1-6-29-23(28)12-8-17-7-10-19-18-9-11-21-24(2,3)22(27)14-16-26(21,5)20(18)13-15-25(17,19)4/h11,17-20,22,27H,6-10,12-16H2,1-5H3/t17-,18+,19+,20+,22?,25-,26-/m1/s1. The maximum absolute atomic E-state index is 11.9. The maximum atomic E-state index is 11.9. The summed E-state index contributed by atoms with van der Waals surface area (Å²) in [7, 11) is 0. The lowest BCUT2D eigenvalue weighted by Crippen LogP contribution is -2.54. The molecule has 0 aliphatic heterocycles. The van der Waals surface area contributed by atoms with E-state index in [4.69, 9.17) is 4.74 Å². The predicted molar refractivity (Wildman–Crippen MR) is 116 cm³/mol. The van der Waals surface area contributed by atoms with Gasteiger partial charge < -0.3 is 9.84 Å². The largest absolute Gasteiger partial charge is 0.466 e. The molecule has 0 amide bonds. The summed E-state index contributed by atoms with van der Waals surface area (Å²) >= 11 is 0. The first-order valence-electron chi connectivity index (χ1n) is 12.2. The van der Waals surface area contributed by atoms with E-state index in [-0.39, 0.29) is 22.9 Å². The lowest BCUT2D eigenvalue weighted by atomic mass is 9.44. The van der Waals surface area contributed by atoms with Crippen LogP contribution in [0.3, 0.4) is 0 Å². The summed E-state index contributed by atoms with van der Waals surface area (Å²) in [5, 5.41) is 10.7. The second-order valence-electron chi connectivity index (χ2n) is 11.6. The molecule has 0 aromatic carbocycles. The van der Waals surface area contributed by atoms with Gasteiger partial charge in [0, 0.05) is 11.8 Å². The zero-order chi connectivity index (χ0) is 21.0. The highest BCUT2D eigenvalue weighted by Gasteiger charge is 2.60. The van der Waals surface area contributed by atoms with Crippen LogP contribution < -0.4 is 0 Å². The van der Waals surface area contributed by atoms with E-state index in [9.17, 15) is 9.90 Å². The van der Waals surface area contributed by atoms with Crippen molar-refractivity contribution in [2.24, 2.45) is 39.9 Å². The average molecular weight is 403 g/mol. The van der Waals surface area contributed by atoms with E-state index in [2.05, 4.69) is 33.8 Å². The Bertz CT molecular complexity index is 679. The highest BCUT2D eigenvalue weighted by Crippen LogP contribution is 2.68. The number of carbonyl (C=O) groups is 1. The maximum Gasteiger partial charge on any atom is 0.305 e. The zero-order valence-electron chi connectivity index (χ0n) is 19.3. The first kappa shape index (κ1) is 21.4. The molecular weight excluding hydrogens is 360 g/mol. The van der Waals surface area contributed by atoms with Crippen LogP contribution >= 0.6 is 0 Å². The molecule has 1 N–H and O–H groups in total. The molecule has 0 aromatic rings. The predicted octanol–water partition coefficient (Wildman–Crippen LogP) is 5.91. The molecule has 0 bridgehead atoms. The topological polar surface area (TPSA) is 46.5 Å². The monoisotopic (exact) mass is 402 g/mol. The molecule has 4 aliphatic carbocycles. The molecule has 4 aliphatic rings. The van der Waals surface area contributed by atoms with Crippen molar-refractivity contribution in [3.63, 3.8) is 0 Å². The van der Waals surface area contributed by atoms with Crippen molar-refractivity contribution in [3.05, 3.63) is 11.6 Å². The summed E-state index contributed by atoms with van der Waals surface area (Å²) in [4.78, 5) is 11.9. The molecule has 164 valence electrons. The number of fused-ring (bicyclic) bond motifs is 5. The smallest absolute Gasteiger partial charge is 0.305 e. The zero-order valence-corrected chi connectivity index (χ0v) is 19.3. The molecule has 29 heavy (non-hydrogen) atoms. The molecule has 0 aromatic heterocycles. The van der Waals surface area contributed by atoms with Crippen LogP contribution in [0.2, 0.25) is 0 Å². The van der Waals surface area contributed by atoms with Crippen LogP contribution in [0.5, 0.6) is 0 Å². The Labute approximate surface area is 177 Å². The number of ether oxygens (including phenoxy) is 1. The Kier molecular flexibility index (Phi) is 5.46. The minimum atomic E-state index is -0.203. The second-order valence-corrected chi connectivity index (χ2v) is 11.6. The summed E-state index contributed by atoms with van der Waals surface area (Å²) in [5.41, 5.74) is 2.11. The van der Waals surface area contributed by atoms with Gasteiger partial charge >= 0.3 is 5.97 Å².